The number of benzene rings is 2. The highest BCUT2D eigenvalue weighted by Crippen LogP contribution is 2.36. The Kier molecular flexibility index (Phi) is 5.18. The quantitative estimate of drug-likeness (QED) is 0.828. The average Bonchev–Trinajstić information content (AvgIpc) is 2.62. The molecular formula is C19H20F3NO2. The van der Waals surface area contributed by atoms with Crippen molar-refractivity contribution in [2.45, 2.75) is 25.3 Å². The van der Waals surface area contributed by atoms with E-state index in [0.29, 0.717) is 24.0 Å². The second kappa shape index (κ2) is 7.35. The summed E-state index contributed by atoms with van der Waals surface area (Å²) in [6.07, 6.45) is 1.59. The lowest BCUT2D eigenvalue weighted by Crippen LogP contribution is -2.30. The van der Waals surface area contributed by atoms with Gasteiger partial charge in [-0.2, -0.15) is 0 Å². The summed E-state index contributed by atoms with van der Waals surface area (Å²) in [6.45, 7) is 0.771. The smallest absolute Gasteiger partial charge is 0.162 e. The molecule has 1 atom stereocenters. The van der Waals surface area contributed by atoms with E-state index in [1.54, 1.807) is 14.2 Å². The van der Waals surface area contributed by atoms with E-state index in [1.807, 2.05) is 12.1 Å². The first-order valence-corrected chi connectivity index (χ1v) is 8.15. The van der Waals surface area contributed by atoms with Crippen molar-refractivity contribution >= 4 is 0 Å². The summed E-state index contributed by atoms with van der Waals surface area (Å²) >= 11 is 0. The largest absolute Gasteiger partial charge is 0.493 e. The first kappa shape index (κ1) is 17.6. The number of ether oxygens (including phenoxy) is 2. The highest BCUT2D eigenvalue weighted by molar-refractivity contribution is 5.49. The molecule has 0 aliphatic carbocycles. The molecule has 0 saturated heterocycles. The normalized spacial score (nSPS) is 16.4. The Morgan fingerprint density at radius 2 is 1.76 bits per heavy atom. The standard InChI is InChI=1S/C19H20F3NO2/c1-24-17-8-11-5-6-23-16(14(11)10-18(17)25-2)4-3-12-7-13(20)9-15(21)19(12)22/h7-10,16,23H,3-6H2,1-2H3/t16-/m0/s1. The number of nitrogens with one attached hydrogen (secondary N) is 1. The molecule has 134 valence electrons. The lowest BCUT2D eigenvalue weighted by Gasteiger charge is -2.28. The fraction of sp³-hybridized carbons (Fsp3) is 0.368. The van der Waals surface area contributed by atoms with Gasteiger partial charge >= 0.3 is 0 Å². The second-order valence-corrected chi connectivity index (χ2v) is 6.06. The molecule has 6 heteroatoms. The maximum Gasteiger partial charge on any atom is 0.162 e. The Morgan fingerprint density at radius 3 is 2.48 bits per heavy atom. The van der Waals surface area contributed by atoms with Crippen LogP contribution in [0.25, 0.3) is 0 Å². The van der Waals surface area contributed by atoms with Gasteiger partial charge in [0.05, 0.1) is 14.2 Å². The Labute approximate surface area is 144 Å². The van der Waals surface area contributed by atoms with Crippen LogP contribution >= 0.6 is 0 Å². The maximum atomic E-state index is 13.9. The molecule has 3 rings (SSSR count). The van der Waals surface area contributed by atoms with E-state index in [4.69, 9.17) is 9.47 Å². The second-order valence-electron chi connectivity index (χ2n) is 6.06. The van der Waals surface area contributed by atoms with Gasteiger partial charge in [-0.3, -0.25) is 0 Å². The summed E-state index contributed by atoms with van der Waals surface area (Å²) in [6, 6.07) is 5.42. The molecule has 1 N–H and O–H groups in total. The van der Waals surface area contributed by atoms with Crippen LogP contribution < -0.4 is 14.8 Å². The predicted molar refractivity (Wildman–Crippen MR) is 88.6 cm³/mol. The molecule has 0 fully saturated rings. The number of hydrogen-bond acceptors (Lipinski definition) is 3. The Hall–Kier alpha value is -2.21. The van der Waals surface area contributed by atoms with Gasteiger partial charge in [-0.25, -0.2) is 13.2 Å². The van der Waals surface area contributed by atoms with Gasteiger partial charge in [0.2, 0.25) is 0 Å². The third-order valence-electron chi connectivity index (χ3n) is 4.58. The van der Waals surface area contributed by atoms with Gasteiger partial charge in [-0.15, -0.1) is 0 Å². The van der Waals surface area contributed by atoms with Crippen molar-refractivity contribution in [3.05, 3.63) is 58.4 Å². The van der Waals surface area contributed by atoms with Crippen molar-refractivity contribution < 1.29 is 22.6 Å². The average molecular weight is 351 g/mol. The number of methoxy groups -OCH3 is 2. The van der Waals surface area contributed by atoms with Gasteiger partial charge in [-0.1, -0.05) is 0 Å². The van der Waals surface area contributed by atoms with Crippen LogP contribution in [0.4, 0.5) is 13.2 Å². The van der Waals surface area contributed by atoms with E-state index in [1.165, 1.54) is 0 Å². The van der Waals surface area contributed by atoms with Crippen molar-refractivity contribution in [1.29, 1.82) is 0 Å². The summed E-state index contributed by atoms with van der Waals surface area (Å²) in [7, 11) is 3.16. The molecule has 1 aliphatic rings. The van der Waals surface area contributed by atoms with E-state index >= 15 is 0 Å². The van der Waals surface area contributed by atoms with Crippen molar-refractivity contribution in [2.75, 3.05) is 20.8 Å². The maximum absolute atomic E-state index is 13.9. The molecule has 0 aromatic heterocycles. The number of rotatable bonds is 5. The number of fused-ring (bicyclic) bond motifs is 1. The topological polar surface area (TPSA) is 30.5 Å². The third kappa shape index (κ3) is 3.58. The van der Waals surface area contributed by atoms with Gasteiger partial charge in [0.15, 0.2) is 23.1 Å². The molecule has 0 amide bonds. The van der Waals surface area contributed by atoms with Crippen LogP contribution in [0.5, 0.6) is 11.5 Å². The van der Waals surface area contributed by atoms with E-state index < -0.39 is 17.5 Å². The van der Waals surface area contributed by atoms with Gasteiger partial charge in [0.25, 0.3) is 0 Å². The first-order valence-electron chi connectivity index (χ1n) is 8.15. The van der Waals surface area contributed by atoms with Crippen LogP contribution in [0.2, 0.25) is 0 Å². The fourth-order valence-corrected chi connectivity index (χ4v) is 3.32. The molecule has 0 bridgehead atoms. The summed E-state index contributed by atoms with van der Waals surface area (Å²) in [5, 5.41) is 3.38. The zero-order valence-corrected chi connectivity index (χ0v) is 14.2. The summed E-state index contributed by atoms with van der Waals surface area (Å²) in [4.78, 5) is 0. The first-order chi connectivity index (χ1) is 12.0. The molecule has 2 aromatic rings. The molecule has 1 heterocycles. The molecule has 0 saturated carbocycles. The minimum atomic E-state index is -1.15. The van der Waals surface area contributed by atoms with E-state index in [2.05, 4.69) is 5.32 Å². The van der Waals surface area contributed by atoms with Crippen LogP contribution in [0.1, 0.15) is 29.2 Å². The molecule has 0 unspecified atom stereocenters. The van der Waals surface area contributed by atoms with Crippen LogP contribution in [0, 0.1) is 17.5 Å². The Bertz CT molecular complexity index is 780. The number of hydrogen-bond donors (Lipinski definition) is 1. The monoisotopic (exact) mass is 351 g/mol. The Balaban J connectivity index is 1.84. The van der Waals surface area contributed by atoms with Gasteiger partial charge < -0.3 is 14.8 Å². The van der Waals surface area contributed by atoms with Crippen molar-refractivity contribution in [3.8, 4) is 11.5 Å². The predicted octanol–water partition coefficient (Wildman–Crippen LogP) is 3.94. The summed E-state index contributed by atoms with van der Waals surface area (Å²) < 4.78 is 51.2. The van der Waals surface area contributed by atoms with Crippen LogP contribution in [0.15, 0.2) is 24.3 Å². The summed E-state index contributed by atoms with van der Waals surface area (Å²) in [5.41, 5.74) is 2.22. The third-order valence-corrected chi connectivity index (χ3v) is 4.58. The highest BCUT2D eigenvalue weighted by atomic mass is 19.2. The number of aryl methyl sites for hydroxylation is 1. The fourth-order valence-electron chi connectivity index (χ4n) is 3.32. The van der Waals surface area contributed by atoms with Gasteiger partial charge in [0, 0.05) is 12.1 Å². The lowest BCUT2D eigenvalue weighted by molar-refractivity contribution is 0.351. The SMILES string of the molecule is COc1cc2c(cc1OC)[C@H](CCc1cc(F)cc(F)c1F)NCC2. The molecule has 1 aliphatic heterocycles. The van der Waals surface area contributed by atoms with Crippen LogP contribution in [-0.4, -0.2) is 20.8 Å². The minimum Gasteiger partial charge on any atom is -0.493 e. The van der Waals surface area contributed by atoms with E-state index in [0.717, 1.165) is 30.2 Å². The highest BCUT2D eigenvalue weighted by Gasteiger charge is 2.23. The molecular weight excluding hydrogens is 331 g/mol. The van der Waals surface area contributed by atoms with Crippen molar-refractivity contribution in [2.24, 2.45) is 0 Å². The zero-order valence-electron chi connectivity index (χ0n) is 14.2. The van der Waals surface area contributed by atoms with Crippen molar-refractivity contribution in [1.82, 2.24) is 5.32 Å². The van der Waals surface area contributed by atoms with E-state index in [-0.39, 0.29) is 18.0 Å². The molecule has 3 nitrogen and oxygen atoms in total. The van der Waals surface area contributed by atoms with Crippen LogP contribution in [0.3, 0.4) is 0 Å². The minimum absolute atomic E-state index is 0.0470. The number of halogens is 3. The Morgan fingerprint density at radius 1 is 1.04 bits per heavy atom. The van der Waals surface area contributed by atoms with Gasteiger partial charge in [0.1, 0.15) is 5.82 Å². The van der Waals surface area contributed by atoms with Crippen molar-refractivity contribution in [3.63, 3.8) is 0 Å². The lowest BCUT2D eigenvalue weighted by atomic mass is 9.90. The zero-order chi connectivity index (χ0) is 18.0. The molecule has 0 radical (unpaired) electrons. The molecule has 0 spiro atoms. The molecule has 2 aromatic carbocycles. The van der Waals surface area contributed by atoms with Gasteiger partial charge in [-0.05, 0) is 60.7 Å². The van der Waals surface area contributed by atoms with Crippen LogP contribution in [-0.2, 0) is 12.8 Å². The summed E-state index contributed by atoms with van der Waals surface area (Å²) in [5.74, 6) is -1.61. The van der Waals surface area contributed by atoms with E-state index in [9.17, 15) is 13.2 Å². The molecule has 25 heavy (non-hydrogen) atoms.